The van der Waals surface area contributed by atoms with Crippen LogP contribution < -0.4 is 5.32 Å². The minimum atomic E-state index is -0.640. The molecule has 1 amide bonds. The minimum absolute atomic E-state index is 0.0108. The summed E-state index contributed by atoms with van der Waals surface area (Å²) in [6.45, 7) is -0.476. The predicted octanol–water partition coefficient (Wildman–Crippen LogP) is 4.64. The van der Waals surface area contributed by atoms with Gasteiger partial charge in [0.05, 0.1) is 6.42 Å². The number of benzene rings is 3. The zero-order valence-corrected chi connectivity index (χ0v) is 16.1. The molecule has 3 aromatic carbocycles. The number of carbonyl (C=O) groups excluding carboxylic acids is 3. The number of rotatable bonds is 8. The first kappa shape index (κ1) is 20.9. The molecule has 5 nitrogen and oxygen atoms in total. The zero-order valence-electron chi connectivity index (χ0n) is 16.1. The Hall–Kier alpha value is -3.80. The Morgan fingerprint density at radius 3 is 2.07 bits per heavy atom. The second kappa shape index (κ2) is 10.1. The average Bonchev–Trinajstić information content (AvgIpc) is 2.78. The van der Waals surface area contributed by atoms with Crippen molar-refractivity contribution in [2.45, 2.75) is 12.8 Å². The summed E-state index contributed by atoms with van der Waals surface area (Å²) in [6, 6.07) is 22.2. The van der Waals surface area contributed by atoms with Crippen molar-refractivity contribution in [3.8, 4) is 11.1 Å². The fraction of sp³-hybridized carbons (Fsp3) is 0.125. The molecule has 0 aliphatic carbocycles. The molecule has 0 unspecified atom stereocenters. The van der Waals surface area contributed by atoms with Gasteiger partial charge in [0.25, 0.3) is 5.91 Å². The van der Waals surface area contributed by atoms with Crippen molar-refractivity contribution < 1.29 is 23.5 Å². The normalized spacial score (nSPS) is 10.3. The highest BCUT2D eigenvalue weighted by atomic mass is 19.1. The molecule has 0 aromatic heterocycles. The summed E-state index contributed by atoms with van der Waals surface area (Å²) < 4.78 is 17.7. The number of hydrogen-bond acceptors (Lipinski definition) is 4. The monoisotopic (exact) mass is 405 g/mol. The van der Waals surface area contributed by atoms with E-state index in [1.807, 2.05) is 42.5 Å². The summed E-state index contributed by atoms with van der Waals surface area (Å²) in [5, 5.41) is 2.48. The molecule has 0 aliphatic heterocycles. The van der Waals surface area contributed by atoms with Crippen LogP contribution in [-0.2, 0) is 14.3 Å². The Kier molecular flexibility index (Phi) is 7.05. The fourth-order valence-corrected chi connectivity index (χ4v) is 2.79. The molecule has 6 heteroatoms. The highest BCUT2D eigenvalue weighted by Gasteiger charge is 2.12. The summed E-state index contributed by atoms with van der Waals surface area (Å²) in [7, 11) is 0. The van der Waals surface area contributed by atoms with Gasteiger partial charge in [-0.3, -0.25) is 14.4 Å². The van der Waals surface area contributed by atoms with Crippen molar-refractivity contribution in [2.24, 2.45) is 0 Å². The molecule has 30 heavy (non-hydrogen) atoms. The molecule has 0 spiro atoms. The molecule has 3 rings (SSSR count). The summed E-state index contributed by atoms with van der Waals surface area (Å²) in [4.78, 5) is 35.9. The van der Waals surface area contributed by atoms with Gasteiger partial charge in [0.15, 0.2) is 12.4 Å². The van der Waals surface area contributed by atoms with Gasteiger partial charge >= 0.3 is 5.97 Å². The predicted molar refractivity (Wildman–Crippen MR) is 111 cm³/mol. The molecule has 0 saturated heterocycles. The van der Waals surface area contributed by atoms with E-state index in [1.165, 1.54) is 24.3 Å². The third kappa shape index (κ3) is 6.10. The first-order valence-corrected chi connectivity index (χ1v) is 9.41. The molecule has 0 atom stereocenters. The molecular weight excluding hydrogens is 385 g/mol. The second-order valence-corrected chi connectivity index (χ2v) is 6.58. The van der Waals surface area contributed by atoms with E-state index < -0.39 is 24.3 Å². The Morgan fingerprint density at radius 2 is 1.40 bits per heavy atom. The first-order chi connectivity index (χ1) is 14.5. The van der Waals surface area contributed by atoms with Crippen LogP contribution in [0.5, 0.6) is 0 Å². The summed E-state index contributed by atoms with van der Waals surface area (Å²) in [6.07, 6.45) is -0.133. The van der Waals surface area contributed by atoms with Crippen molar-refractivity contribution in [3.63, 3.8) is 0 Å². The van der Waals surface area contributed by atoms with Crippen LogP contribution in [0.2, 0.25) is 0 Å². The quantitative estimate of drug-likeness (QED) is 0.438. The van der Waals surface area contributed by atoms with E-state index in [0.717, 1.165) is 11.1 Å². The Morgan fingerprint density at radius 1 is 0.767 bits per heavy atom. The molecule has 0 fully saturated rings. The van der Waals surface area contributed by atoms with Gasteiger partial charge in [-0.1, -0.05) is 54.6 Å². The minimum Gasteiger partial charge on any atom is -0.456 e. The van der Waals surface area contributed by atoms with Gasteiger partial charge in [0, 0.05) is 17.7 Å². The van der Waals surface area contributed by atoms with Crippen molar-refractivity contribution in [1.82, 2.24) is 0 Å². The maximum absolute atomic E-state index is 12.8. The molecule has 152 valence electrons. The number of carbonyl (C=O) groups is 3. The molecule has 0 radical (unpaired) electrons. The largest absolute Gasteiger partial charge is 0.456 e. The van der Waals surface area contributed by atoms with E-state index >= 15 is 0 Å². The van der Waals surface area contributed by atoms with Crippen LogP contribution in [0.4, 0.5) is 10.1 Å². The third-order valence-corrected chi connectivity index (χ3v) is 4.36. The van der Waals surface area contributed by atoms with E-state index in [9.17, 15) is 18.8 Å². The lowest BCUT2D eigenvalue weighted by Gasteiger charge is -2.07. The van der Waals surface area contributed by atoms with Crippen LogP contribution in [0, 0.1) is 5.82 Å². The van der Waals surface area contributed by atoms with Gasteiger partial charge < -0.3 is 10.1 Å². The van der Waals surface area contributed by atoms with E-state index in [2.05, 4.69) is 5.32 Å². The van der Waals surface area contributed by atoms with E-state index in [0.29, 0.717) is 11.3 Å². The Bertz CT molecular complexity index is 1020. The fourth-order valence-electron chi connectivity index (χ4n) is 2.79. The molecule has 1 N–H and O–H groups in total. The van der Waals surface area contributed by atoms with Crippen LogP contribution >= 0.6 is 0 Å². The first-order valence-electron chi connectivity index (χ1n) is 9.41. The van der Waals surface area contributed by atoms with E-state index in [4.69, 9.17) is 4.74 Å². The highest BCUT2D eigenvalue weighted by Crippen LogP contribution is 2.20. The van der Waals surface area contributed by atoms with Gasteiger partial charge in [-0.25, -0.2) is 4.39 Å². The number of esters is 1. The van der Waals surface area contributed by atoms with Gasteiger partial charge in [0.2, 0.25) is 0 Å². The number of amides is 1. The molecule has 0 bridgehead atoms. The smallest absolute Gasteiger partial charge is 0.306 e. The molecule has 0 heterocycles. The van der Waals surface area contributed by atoms with Gasteiger partial charge in [-0.15, -0.1) is 0 Å². The molecule has 0 aliphatic rings. The number of halogens is 1. The number of ketones is 1. The van der Waals surface area contributed by atoms with Crippen LogP contribution in [0.15, 0.2) is 78.9 Å². The zero-order chi connectivity index (χ0) is 21.3. The van der Waals surface area contributed by atoms with Gasteiger partial charge in [-0.05, 0) is 35.4 Å². The standard InChI is InChI=1S/C24H20FNO4/c25-20-10-12-21(13-11-20)26-23(28)16-30-24(29)15-14-22(27)19-8-6-18(7-9-19)17-4-2-1-3-5-17/h1-13H,14-16H2,(H,26,28). The van der Waals surface area contributed by atoms with Crippen LogP contribution in [0.1, 0.15) is 23.2 Å². The molecule has 0 saturated carbocycles. The SMILES string of the molecule is O=C(COC(=O)CCC(=O)c1ccc(-c2ccccc2)cc1)Nc1ccc(F)cc1. The van der Waals surface area contributed by atoms with E-state index in [-0.39, 0.29) is 18.6 Å². The van der Waals surface area contributed by atoms with Crippen LogP contribution in [0.25, 0.3) is 11.1 Å². The van der Waals surface area contributed by atoms with Crippen LogP contribution in [0.3, 0.4) is 0 Å². The second-order valence-electron chi connectivity index (χ2n) is 6.58. The third-order valence-electron chi connectivity index (χ3n) is 4.36. The topological polar surface area (TPSA) is 72.5 Å². The summed E-state index contributed by atoms with van der Waals surface area (Å²) >= 11 is 0. The van der Waals surface area contributed by atoms with Crippen molar-refractivity contribution in [3.05, 3.63) is 90.2 Å². The molecule has 3 aromatic rings. The maximum atomic E-state index is 12.8. The molecular formula is C24H20FNO4. The Balaban J connectivity index is 1.42. The lowest BCUT2D eigenvalue weighted by molar-refractivity contribution is -0.147. The maximum Gasteiger partial charge on any atom is 0.306 e. The summed E-state index contributed by atoms with van der Waals surface area (Å²) in [5.74, 6) is -1.78. The number of nitrogens with one attached hydrogen (secondary N) is 1. The number of hydrogen-bond donors (Lipinski definition) is 1. The van der Waals surface area contributed by atoms with Gasteiger partial charge in [-0.2, -0.15) is 0 Å². The van der Waals surface area contributed by atoms with E-state index in [1.54, 1.807) is 12.1 Å². The highest BCUT2D eigenvalue weighted by molar-refractivity contribution is 5.98. The number of ether oxygens (including phenoxy) is 1. The average molecular weight is 405 g/mol. The van der Waals surface area contributed by atoms with Gasteiger partial charge in [0.1, 0.15) is 5.82 Å². The van der Waals surface area contributed by atoms with Crippen LogP contribution in [-0.4, -0.2) is 24.3 Å². The summed E-state index contributed by atoms with van der Waals surface area (Å²) in [5.41, 5.74) is 2.96. The van der Waals surface area contributed by atoms with Crippen molar-refractivity contribution in [2.75, 3.05) is 11.9 Å². The number of anilines is 1. The lowest BCUT2D eigenvalue weighted by atomic mass is 10.0. The Labute approximate surface area is 173 Å². The number of Topliss-reactive ketones (excluding diaryl/α,β-unsaturated/α-hetero) is 1. The van der Waals surface area contributed by atoms with Crippen molar-refractivity contribution >= 4 is 23.3 Å². The lowest BCUT2D eigenvalue weighted by Crippen LogP contribution is -2.21. The van der Waals surface area contributed by atoms with Crippen molar-refractivity contribution in [1.29, 1.82) is 0 Å².